The molecule has 0 aliphatic carbocycles. The van der Waals surface area contributed by atoms with Crippen LogP contribution in [-0.2, 0) is 23.8 Å². The Balaban J connectivity index is 1.87. The van der Waals surface area contributed by atoms with Crippen molar-refractivity contribution < 1.29 is 38.5 Å². The third kappa shape index (κ3) is 4.24. The van der Waals surface area contributed by atoms with Crippen molar-refractivity contribution in [2.24, 2.45) is 11.8 Å². The van der Waals surface area contributed by atoms with E-state index in [9.17, 15) is 24.3 Å². The summed E-state index contributed by atoms with van der Waals surface area (Å²) in [5, 5.41) is 12.1. The lowest BCUT2D eigenvalue weighted by Crippen LogP contribution is -2.41. The van der Waals surface area contributed by atoms with Gasteiger partial charge in [-0.15, -0.1) is 0 Å². The highest BCUT2D eigenvalue weighted by Crippen LogP contribution is 2.44. The topological polar surface area (TPSA) is 128 Å². The maximum absolute atomic E-state index is 12.8. The van der Waals surface area contributed by atoms with Gasteiger partial charge < -0.3 is 24.6 Å². The Bertz CT molecular complexity index is 800. The molecule has 9 heteroatoms. The molecule has 2 N–H and O–H groups in total. The predicted octanol–water partition coefficient (Wildman–Crippen LogP) is 1.86. The SMILES string of the molecule is CCOC(=O)c1cc(NC(=O)[C@@H]2[C@H](C(=O)O)[C@H]3CC[C@H]2O3)cc(C(=O)OCC)c1. The van der Waals surface area contributed by atoms with E-state index in [2.05, 4.69) is 5.32 Å². The summed E-state index contributed by atoms with van der Waals surface area (Å²) in [6, 6.07) is 4.08. The molecule has 1 amide bonds. The molecule has 3 rings (SSSR count). The molecular weight excluding hydrogens is 382 g/mol. The minimum absolute atomic E-state index is 0.0756. The minimum Gasteiger partial charge on any atom is -0.481 e. The number of amides is 1. The van der Waals surface area contributed by atoms with Gasteiger partial charge in [0.1, 0.15) is 0 Å². The first-order chi connectivity index (χ1) is 13.8. The second-order valence-corrected chi connectivity index (χ2v) is 6.91. The molecule has 0 radical (unpaired) electrons. The largest absolute Gasteiger partial charge is 0.481 e. The lowest BCUT2D eigenvalue weighted by Gasteiger charge is -2.24. The van der Waals surface area contributed by atoms with Crippen molar-refractivity contribution >= 4 is 29.5 Å². The van der Waals surface area contributed by atoms with Crippen LogP contribution in [0.5, 0.6) is 0 Å². The van der Waals surface area contributed by atoms with Gasteiger partial charge in [0.25, 0.3) is 0 Å². The summed E-state index contributed by atoms with van der Waals surface area (Å²) in [4.78, 5) is 48.7. The number of carboxylic acid groups (broad SMARTS) is 1. The Kier molecular flexibility index (Phi) is 6.17. The van der Waals surface area contributed by atoms with Gasteiger partial charge in [-0.2, -0.15) is 0 Å². The van der Waals surface area contributed by atoms with Gasteiger partial charge in [-0.05, 0) is 44.9 Å². The van der Waals surface area contributed by atoms with Crippen molar-refractivity contribution in [3.63, 3.8) is 0 Å². The van der Waals surface area contributed by atoms with E-state index in [0.29, 0.717) is 12.8 Å². The molecule has 2 bridgehead atoms. The first-order valence-electron chi connectivity index (χ1n) is 9.54. The molecule has 156 valence electrons. The van der Waals surface area contributed by atoms with E-state index in [1.54, 1.807) is 13.8 Å². The van der Waals surface area contributed by atoms with Crippen LogP contribution < -0.4 is 5.32 Å². The second kappa shape index (κ2) is 8.60. The first-order valence-corrected chi connectivity index (χ1v) is 9.54. The summed E-state index contributed by atoms with van der Waals surface area (Å²) < 4.78 is 15.6. The number of anilines is 1. The molecule has 2 aliphatic heterocycles. The molecule has 0 saturated carbocycles. The number of fused-ring (bicyclic) bond motifs is 2. The van der Waals surface area contributed by atoms with E-state index in [1.807, 2.05) is 0 Å². The maximum Gasteiger partial charge on any atom is 0.338 e. The summed E-state index contributed by atoms with van der Waals surface area (Å²) in [5.74, 6) is -4.68. The average molecular weight is 405 g/mol. The Morgan fingerprint density at radius 3 is 1.97 bits per heavy atom. The van der Waals surface area contributed by atoms with Gasteiger partial charge in [0, 0.05) is 5.69 Å². The molecule has 9 nitrogen and oxygen atoms in total. The van der Waals surface area contributed by atoms with Gasteiger partial charge in [0.15, 0.2) is 0 Å². The molecule has 0 unspecified atom stereocenters. The van der Waals surface area contributed by atoms with Gasteiger partial charge in [-0.3, -0.25) is 9.59 Å². The Morgan fingerprint density at radius 1 is 0.966 bits per heavy atom. The van der Waals surface area contributed by atoms with Crippen molar-refractivity contribution in [2.75, 3.05) is 18.5 Å². The number of hydrogen-bond acceptors (Lipinski definition) is 7. The zero-order valence-electron chi connectivity index (χ0n) is 16.2. The number of carboxylic acids is 1. The molecule has 29 heavy (non-hydrogen) atoms. The number of ether oxygens (including phenoxy) is 3. The summed E-state index contributed by atoms with van der Waals surface area (Å²) in [5.41, 5.74) is 0.328. The smallest absolute Gasteiger partial charge is 0.338 e. The number of aliphatic carboxylic acids is 1. The van der Waals surface area contributed by atoms with Crippen molar-refractivity contribution in [1.82, 2.24) is 0 Å². The van der Waals surface area contributed by atoms with Gasteiger partial charge in [0.05, 0.1) is 48.4 Å². The van der Waals surface area contributed by atoms with E-state index >= 15 is 0 Å². The van der Waals surface area contributed by atoms with Crippen LogP contribution in [0.4, 0.5) is 5.69 Å². The van der Waals surface area contributed by atoms with Crippen molar-refractivity contribution in [1.29, 1.82) is 0 Å². The maximum atomic E-state index is 12.8. The van der Waals surface area contributed by atoms with E-state index in [0.717, 1.165) is 0 Å². The average Bonchev–Trinajstić information content (AvgIpc) is 3.29. The number of rotatable bonds is 7. The lowest BCUT2D eigenvalue weighted by atomic mass is 9.78. The fraction of sp³-hybridized carbons (Fsp3) is 0.500. The zero-order chi connectivity index (χ0) is 21.1. The number of hydrogen-bond donors (Lipinski definition) is 2. The Hall–Kier alpha value is -2.94. The van der Waals surface area contributed by atoms with E-state index in [-0.39, 0.29) is 30.0 Å². The van der Waals surface area contributed by atoms with E-state index < -0.39 is 47.9 Å². The highest BCUT2D eigenvalue weighted by atomic mass is 16.5. The molecule has 4 atom stereocenters. The molecule has 2 aliphatic rings. The number of carbonyl (C=O) groups excluding carboxylic acids is 3. The molecular formula is C20H23NO8. The fourth-order valence-electron chi connectivity index (χ4n) is 3.91. The van der Waals surface area contributed by atoms with Crippen LogP contribution in [-0.4, -0.2) is 54.3 Å². The molecule has 2 fully saturated rings. The van der Waals surface area contributed by atoms with Crippen molar-refractivity contribution in [3.05, 3.63) is 29.3 Å². The quantitative estimate of drug-likeness (QED) is 0.658. The summed E-state index contributed by atoms with van der Waals surface area (Å²) in [7, 11) is 0. The van der Waals surface area contributed by atoms with Crippen LogP contribution in [0.2, 0.25) is 0 Å². The Labute approximate surface area is 167 Å². The second-order valence-electron chi connectivity index (χ2n) is 6.91. The van der Waals surface area contributed by atoms with Crippen LogP contribution in [0.15, 0.2) is 18.2 Å². The first kappa shape index (κ1) is 20.8. The normalized spacial score (nSPS) is 24.8. The molecule has 0 aromatic heterocycles. The highest BCUT2D eigenvalue weighted by molar-refractivity contribution is 6.01. The highest BCUT2D eigenvalue weighted by Gasteiger charge is 2.55. The fourth-order valence-corrected chi connectivity index (χ4v) is 3.91. The van der Waals surface area contributed by atoms with Crippen LogP contribution in [0.1, 0.15) is 47.4 Å². The lowest BCUT2D eigenvalue weighted by molar-refractivity contribution is -0.147. The molecule has 1 aromatic carbocycles. The van der Waals surface area contributed by atoms with Gasteiger partial charge in [0.2, 0.25) is 5.91 Å². The van der Waals surface area contributed by atoms with Crippen LogP contribution >= 0.6 is 0 Å². The van der Waals surface area contributed by atoms with Gasteiger partial charge >= 0.3 is 17.9 Å². The monoisotopic (exact) mass is 405 g/mol. The minimum atomic E-state index is -1.08. The standard InChI is InChI=1S/C20H23NO8/c1-3-27-19(25)10-7-11(20(26)28-4-2)9-12(8-10)21-17(22)15-13-5-6-14(29-13)16(15)18(23)24/h7-9,13-16H,3-6H2,1-2H3,(H,21,22)(H,23,24)/t13-,14-,15+,16-/m1/s1. The molecule has 2 saturated heterocycles. The van der Waals surface area contributed by atoms with E-state index in [4.69, 9.17) is 14.2 Å². The molecule has 0 spiro atoms. The predicted molar refractivity (Wildman–Crippen MR) is 99.5 cm³/mol. The summed E-state index contributed by atoms with van der Waals surface area (Å²) in [6.45, 7) is 3.59. The summed E-state index contributed by atoms with van der Waals surface area (Å²) >= 11 is 0. The van der Waals surface area contributed by atoms with Gasteiger partial charge in [-0.1, -0.05) is 0 Å². The Morgan fingerprint density at radius 2 is 1.48 bits per heavy atom. The van der Waals surface area contributed by atoms with Crippen molar-refractivity contribution in [3.8, 4) is 0 Å². The van der Waals surface area contributed by atoms with E-state index in [1.165, 1.54) is 18.2 Å². The van der Waals surface area contributed by atoms with Gasteiger partial charge in [-0.25, -0.2) is 9.59 Å². The van der Waals surface area contributed by atoms with Crippen molar-refractivity contribution in [2.45, 2.75) is 38.9 Å². The number of benzene rings is 1. The number of carbonyl (C=O) groups is 4. The summed E-state index contributed by atoms with van der Waals surface area (Å²) in [6.07, 6.45) is 0.285. The van der Waals surface area contributed by atoms with Crippen LogP contribution in [0.3, 0.4) is 0 Å². The third-order valence-corrected chi connectivity index (χ3v) is 5.08. The zero-order valence-corrected chi connectivity index (χ0v) is 16.2. The molecule has 2 heterocycles. The van der Waals surface area contributed by atoms with Crippen LogP contribution in [0.25, 0.3) is 0 Å². The molecule has 1 aromatic rings. The van der Waals surface area contributed by atoms with Crippen LogP contribution in [0, 0.1) is 11.8 Å². The number of esters is 2. The number of nitrogens with one attached hydrogen (secondary N) is 1. The third-order valence-electron chi connectivity index (χ3n) is 5.08.